The quantitative estimate of drug-likeness (QED) is 0.147. The van der Waals surface area contributed by atoms with E-state index in [1.807, 2.05) is 32.0 Å². The average molecular weight is 803 g/mol. The van der Waals surface area contributed by atoms with Gasteiger partial charge in [-0.2, -0.15) is 5.26 Å². The number of carbonyl (C=O) groups excluding carboxylic acids is 4. The number of hydrogen-bond acceptors (Lipinski definition) is 10. The van der Waals surface area contributed by atoms with E-state index in [4.69, 9.17) is 33.8 Å². The van der Waals surface area contributed by atoms with Gasteiger partial charge < -0.3 is 20.3 Å². The summed E-state index contributed by atoms with van der Waals surface area (Å²) in [5.74, 6) is -0.839. The van der Waals surface area contributed by atoms with Crippen LogP contribution in [-0.2, 0) is 25.6 Å². The van der Waals surface area contributed by atoms with Crippen LogP contribution >= 0.6 is 23.8 Å². The van der Waals surface area contributed by atoms with Crippen LogP contribution in [0.1, 0.15) is 71.1 Å². The van der Waals surface area contributed by atoms with Crippen molar-refractivity contribution in [2.24, 2.45) is 5.92 Å². The first kappa shape index (κ1) is 40.5. The number of imide groups is 1. The van der Waals surface area contributed by atoms with Gasteiger partial charge in [0.2, 0.25) is 17.7 Å². The molecule has 0 saturated carbocycles. The van der Waals surface area contributed by atoms with Crippen LogP contribution in [-0.4, -0.2) is 75.9 Å². The molecule has 2 atom stereocenters. The van der Waals surface area contributed by atoms with Crippen molar-refractivity contribution in [3.05, 3.63) is 70.8 Å². The zero-order chi connectivity index (χ0) is 40.3. The predicted molar refractivity (Wildman–Crippen MR) is 215 cm³/mol. The van der Waals surface area contributed by atoms with Crippen molar-refractivity contribution in [1.82, 2.24) is 15.2 Å². The third kappa shape index (κ3) is 8.62. The van der Waals surface area contributed by atoms with Crippen molar-refractivity contribution in [3.8, 4) is 11.8 Å². The van der Waals surface area contributed by atoms with Gasteiger partial charge in [0.05, 0.1) is 24.5 Å². The number of likely N-dealkylation sites (tertiary alicyclic amines) is 1. The molecular weight excluding hydrogens is 759 g/mol. The van der Waals surface area contributed by atoms with Crippen molar-refractivity contribution in [3.63, 3.8) is 0 Å². The van der Waals surface area contributed by atoms with E-state index < -0.39 is 23.3 Å². The molecule has 6 rings (SSSR count). The summed E-state index contributed by atoms with van der Waals surface area (Å²) in [6.45, 7) is 9.47. The minimum Gasteiger partial charge on any atom is -0.493 e. The first-order valence-corrected chi connectivity index (χ1v) is 19.4. The number of rotatable bonds is 12. The molecule has 0 spiro atoms. The van der Waals surface area contributed by atoms with Crippen molar-refractivity contribution in [2.45, 2.75) is 83.8 Å². The minimum atomic E-state index is -1.07. The molecule has 3 aliphatic heterocycles. The normalized spacial score (nSPS) is 19.4. The van der Waals surface area contributed by atoms with E-state index in [0.29, 0.717) is 47.5 Å². The van der Waals surface area contributed by atoms with Crippen molar-refractivity contribution in [2.75, 3.05) is 40.1 Å². The highest BCUT2D eigenvalue weighted by atomic mass is 35.5. The number of anilines is 4. The second-order valence-electron chi connectivity index (χ2n) is 14.8. The molecule has 0 radical (unpaired) electrons. The number of piperidine rings is 2. The molecule has 13 nitrogen and oxygen atoms in total. The molecule has 1 aromatic heterocycles. The molecule has 3 fully saturated rings. The highest BCUT2D eigenvalue weighted by Gasteiger charge is 2.50. The van der Waals surface area contributed by atoms with Gasteiger partial charge in [-0.05, 0) is 126 Å². The summed E-state index contributed by atoms with van der Waals surface area (Å²) in [5.41, 5.74) is 1.45. The molecule has 2 aromatic carbocycles. The van der Waals surface area contributed by atoms with E-state index in [9.17, 15) is 23.6 Å². The lowest BCUT2D eigenvalue weighted by Gasteiger charge is -2.35. The van der Waals surface area contributed by atoms with Crippen molar-refractivity contribution < 1.29 is 28.3 Å². The average Bonchev–Trinajstić information content (AvgIpc) is 3.34. The monoisotopic (exact) mass is 802 g/mol. The molecule has 294 valence electrons. The van der Waals surface area contributed by atoms with Crippen LogP contribution < -0.4 is 30.5 Å². The lowest BCUT2D eigenvalue weighted by atomic mass is 9.93. The highest BCUT2D eigenvalue weighted by Crippen LogP contribution is 2.38. The van der Waals surface area contributed by atoms with Crippen LogP contribution in [0.15, 0.2) is 48.7 Å². The number of halogens is 2. The lowest BCUT2D eigenvalue weighted by molar-refractivity contribution is -0.133. The Morgan fingerprint density at radius 3 is 2.54 bits per heavy atom. The number of thiocarbonyl (C=S) groups is 1. The van der Waals surface area contributed by atoms with Gasteiger partial charge in [-0.3, -0.25) is 34.3 Å². The number of amides is 4. The fourth-order valence-corrected chi connectivity index (χ4v) is 8.12. The molecule has 0 aliphatic carbocycles. The molecule has 3 aliphatic rings. The number of nitrogens with one attached hydrogen (secondary N) is 3. The number of carbonyl (C=O) groups is 4. The Hall–Kier alpha value is -5.17. The van der Waals surface area contributed by atoms with Crippen LogP contribution in [0.5, 0.6) is 5.75 Å². The smallest absolute Gasteiger partial charge is 0.259 e. The first-order chi connectivity index (χ1) is 26.7. The van der Waals surface area contributed by atoms with E-state index >= 15 is 0 Å². The molecule has 1 unspecified atom stereocenters. The Bertz CT molecular complexity index is 2100. The summed E-state index contributed by atoms with van der Waals surface area (Å²) in [6.07, 6.45) is 5.26. The number of aromatic nitrogens is 1. The number of nitriles is 1. The number of nitrogens with zero attached hydrogens (tertiary/aromatic N) is 5. The number of ether oxygens (including phenoxy) is 1. The van der Waals surface area contributed by atoms with Gasteiger partial charge in [0.25, 0.3) is 5.91 Å². The number of benzene rings is 2. The third-order valence-corrected chi connectivity index (χ3v) is 11.2. The fourth-order valence-electron chi connectivity index (χ4n) is 7.37. The van der Waals surface area contributed by atoms with Gasteiger partial charge >= 0.3 is 0 Å². The van der Waals surface area contributed by atoms with E-state index in [2.05, 4.69) is 25.8 Å². The van der Waals surface area contributed by atoms with Gasteiger partial charge in [0.15, 0.2) is 16.6 Å². The standard InChI is InChI=1S/C40H44ClFN8O5S/c1-5-25-16-29(50-39(56)49(38(54)40(50,3)4)30-20-31(42)33(21-43)44-22-30)6-8-34(25)55-15-12-24-10-13-48(14-11-24)23(2)36(52)46-28-18-26(41)17-27(19-28)45-32-7-9-35(51)47-37(32)53/h6,8,16-20,22-24,32,45H,5,7,9-15H2,1-4H3,(H,46,52)(H,47,51,53)/t23-,32?/m1/s1. The second kappa shape index (κ2) is 16.9. The van der Waals surface area contributed by atoms with Crippen LogP contribution in [0.25, 0.3) is 0 Å². The summed E-state index contributed by atoms with van der Waals surface area (Å²) >= 11 is 12.1. The Labute approximate surface area is 335 Å². The SMILES string of the molecule is CCc1cc(N2C(=S)N(c3cnc(C#N)c(F)c3)C(=O)C2(C)C)ccc1OCCC1CCN([C@H](C)C(=O)Nc2cc(Cl)cc(NC3CCC(=O)NC3=O)c2)CC1. The molecule has 56 heavy (non-hydrogen) atoms. The number of aryl methyl sites for hydroxylation is 1. The molecule has 0 bridgehead atoms. The summed E-state index contributed by atoms with van der Waals surface area (Å²) in [5, 5.41) is 18.0. The second-order valence-corrected chi connectivity index (χ2v) is 15.6. The molecule has 4 heterocycles. The van der Waals surface area contributed by atoms with Crippen LogP contribution in [0.3, 0.4) is 0 Å². The maximum atomic E-state index is 14.4. The van der Waals surface area contributed by atoms with E-state index in [0.717, 1.165) is 49.7 Å². The van der Waals surface area contributed by atoms with Gasteiger partial charge in [0, 0.05) is 34.6 Å². The van der Waals surface area contributed by atoms with Crippen molar-refractivity contribution >= 4 is 75.3 Å². The lowest BCUT2D eigenvalue weighted by Crippen LogP contribution is -2.47. The molecule has 3 N–H and O–H groups in total. The fraction of sp³-hybridized carbons (Fsp3) is 0.425. The summed E-state index contributed by atoms with van der Waals surface area (Å²) in [7, 11) is 0. The summed E-state index contributed by atoms with van der Waals surface area (Å²) < 4.78 is 20.7. The topological polar surface area (TPSA) is 160 Å². The van der Waals surface area contributed by atoms with Gasteiger partial charge in [0.1, 0.15) is 23.4 Å². The number of hydrogen-bond donors (Lipinski definition) is 3. The van der Waals surface area contributed by atoms with E-state index in [1.54, 1.807) is 43.0 Å². The number of pyridine rings is 1. The van der Waals surface area contributed by atoms with Crippen molar-refractivity contribution in [1.29, 1.82) is 5.26 Å². The summed E-state index contributed by atoms with van der Waals surface area (Å²) in [4.78, 5) is 59.6. The van der Waals surface area contributed by atoms with Gasteiger partial charge in [-0.1, -0.05) is 18.5 Å². The largest absolute Gasteiger partial charge is 0.493 e. The van der Waals surface area contributed by atoms with E-state index in [1.165, 1.54) is 11.1 Å². The maximum Gasteiger partial charge on any atom is 0.259 e. The van der Waals surface area contributed by atoms with Crippen LogP contribution in [0.4, 0.5) is 27.1 Å². The highest BCUT2D eigenvalue weighted by molar-refractivity contribution is 7.81. The Morgan fingerprint density at radius 2 is 1.86 bits per heavy atom. The molecule has 3 aromatic rings. The zero-order valence-corrected chi connectivity index (χ0v) is 33.2. The molecule has 4 amide bonds. The Kier molecular flexibility index (Phi) is 12.2. The molecule has 16 heteroatoms. The third-order valence-electron chi connectivity index (χ3n) is 10.6. The van der Waals surface area contributed by atoms with Crippen LogP contribution in [0, 0.1) is 23.1 Å². The molecule has 3 saturated heterocycles. The Balaban J connectivity index is 0.998. The minimum absolute atomic E-state index is 0.153. The van der Waals surface area contributed by atoms with E-state index in [-0.39, 0.29) is 46.7 Å². The van der Waals surface area contributed by atoms with Gasteiger partial charge in [-0.15, -0.1) is 0 Å². The van der Waals surface area contributed by atoms with Crippen LogP contribution in [0.2, 0.25) is 5.02 Å². The maximum absolute atomic E-state index is 14.4. The Morgan fingerprint density at radius 1 is 1.12 bits per heavy atom. The summed E-state index contributed by atoms with van der Waals surface area (Å²) in [6, 6.07) is 12.6. The van der Waals surface area contributed by atoms with Gasteiger partial charge in [-0.25, -0.2) is 9.37 Å². The predicted octanol–water partition coefficient (Wildman–Crippen LogP) is 5.95. The zero-order valence-electron chi connectivity index (χ0n) is 31.7. The first-order valence-electron chi connectivity index (χ1n) is 18.7. The molecular formula is C40H44ClFN8O5S.